The molecule has 12 nitrogen and oxygen atoms in total. The molecule has 0 saturated carbocycles. The van der Waals surface area contributed by atoms with Gasteiger partial charge in [0.2, 0.25) is 17.7 Å². The van der Waals surface area contributed by atoms with Crippen molar-refractivity contribution in [1.29, 1.82) is 0 Å². The molecule has 3 amide bonds. The maximum atomic E-state index is 12.7. The van der Waals surface area contributed by atoms with Gasteiger partial charge in [-0.05, 0) is 50.5 Å². The van der Waals surface area contributed by atoms with Crippen LogP contribution < -0.4 is 33.2 Å². The van der Waals surface area contributed by atoms with E-state index in [0.29, 0.717) is 25.0 Å². The Hall–Kier alpha value is -2.54. The van der Waals surface area contributed by atoms with Crippen LogP contribution in [-0.4, -0.2) is 77.5 Å². The lowest BCUT2D eigenvalue weighted by molar-refractivity contribution is -0.142. The van der Waals surface area contributed by atoms with E-state index in [0.717, 1.165) is 0 Å². The summed E-state index contributed by atoms with van der Waals surface area (Å²) in [5, 5.41) is 16.9. The number of guanidine groups is 1. The van der Waals surface area contributed by atoms with E-state index in [4.69, 9.17) is 17.2 Å². The Labute approximate surface area is 199 Å². The summed E-state index contributed by atoms with van der Waals surface area (Å²) in [5.41, 5.74) is 16.4. The van der Waals surface area contributed by atoms with Gasteiger partial charge in [0.1, 0.15) is 18.1 Å². The molecule has 0 aliphatic carbocycles. The van der Waals surface area contributed by atoms with Crippen molar-refractivity contribution in [2.75, 3.05) is 18.6 Å². The number of amides is 3. The summed E-state index contributed by atoms with van der Waals surface area (Å²) in [4.78, 5) is 52.8. The van der Waals surface area contributed by atoms with Crippen LogP contribution in [0, 0.1) is 5.92 Å². The quantitative estimate of drug-likeness (QED) is 0.0779. The van der Waals surface area contributed by atoms with E-state index in [1.165, 1.54) is 18.7 Å². The molecule has 0 radical (unpaired) electrons. The number of aliphatic imine (C=N–C) groups is 1. The molecule has 0 spiro atoms. The van der Waals surface area contributed by atoms with E-state index in [9.17, 15) is 24.3 Å². The van der Waals surface area contributed by atoms with Crippen LogP contribution in [0.1, 0.15) is 46.5 Å². The van der Waals surface area contributed by atoms with Crippen molar-refractivity contribution in [3.63, 3.8) is 0 Å². The van der Waals surface area contributed by atoms with Crippen LogP contribution in [-0.2, 0) is 19.2 Å². The molecule has 190 valence electrons. The van der Waals surface area contributed by atoms with Gasteiger partial charge in [-0.15, -0.1) is 0 Å². The normalized spacial score (nSPS) is 14.5. The summed E-state index contributed by atoms with van der Waals surface area (Å²) in [5.74, 6) is -2.13. The van der Waals surface area contributed by atoms with E-state index in [1.54, 1.807) is 0 Å². The summed E-state index contributed by atoms with van der Waals surface area (Å²) < 4.78 is 0. The third-order valence-corrected chi connectivity index (χ3v) is 5.26. The number of carbonyl (C=O) groups is 4. The fraction of sp³-hybridized carbons (Fsp3) is 0.750. The number of nitrogens with zero attached hydrogens (tertiary/aromatic N) is 1. The smallest absolute Gasteiger partial charge is 0.326 e. The van der Waals surface area contributed by atoms with Gasteiger partial charge < -0.3 is 38.3 Å². The first kappa shape index (κ1) is 30.5. The lowest BCUT2D eigenvalue weighted by Crippen LogP contribution is -2.56. The lowest BCUT2D eigenvalue weighted by atomic mass is 10.0. The van der Waals surface area contributed by atoms with E-state index in [2.05, 4.69) is 20.9 Å². The largest absolute Gasteiger partial charge is 0.480 e. The molecule has 0 aliphatic rings. The SMILES string of the molecule is CSCCC(NC(=O)C(N)CC(C)C)C(=O)NC(C)C(=O)NC(CCCN=C(N)N)C(=O)O. The maximum absolute atomic E-state index is 12.7. The highest BCUT2D eigenvalue weighted by Gasteiger charge is 2.28. The van der Waals surface area contributed by atoms with E-state index < -0.39 is 47.9 Å². The van der Waals surface area contributed by atoms with Crippen molar-refractivity contribution in [3.05, 3.63) is 0 Å². The molecule has 0 aromatic rings. The number of carboxylic acid groups (broad SMARTS) is 1. The number of rotatable bonds is 16. The van der Waals surface area contributed by atoms with Gasteiger partial charge in [-0.1, -0.05) is 13.8 Å². The molecule has 0 fully saturated rings. The first-order valence-electron chi connectivity index (χ1n) is 10.8. The number of nitrogens with one attached hydrogen (secondary N) is 3. The maximum Gasteiger partial charge on any atom is 0.326 e. The molecule has 0 rings (SSSR count). The molecule has 0 heterocycles. The molecule has 10 N–H and O–H groups in total. The number of carbonyl (C=O) groups excluding carboxylic acids is 3. The molecule has 0 saturated heterocycles. The van der Waals surface area contributed by atoms with Gasteiger partial charge in [0.05, 0.1) is 6.04 Å². The Morgan fingerprint density at radius 3 is 2.06 bits per heavy atom. The highest BCUT2D eigenvalue weighted by molar-refractivity contribution is 7.98. The third kappa shape index (κ3) is 13.6. The molecule has 0 aromatic heterocycles. The standard InChI is InChI=1S/C20H39N7O5S/c1-11(2)10-13(21)17(29)26-14(7-9-33-4)18(30)25-12(3)16(28)27-15(19(31)32)6-5-8-24-20(22)23/h11-15H,5-10,21H2,1-4H3,(H,25,30)(H,26,29)(H,27,28)(H,31,32)(H4,22,23,24). The van der Waals surface area contributed by atoms with Crippen LogP contribution in [0.4, 0.5) is 0 Å². The van der Waals surface area contributed by atoms with Crippen molar-refractivity contribution in [2.24, 2.45) is 28.1 Å². The average molecular weight is 490 g/mol. The van der Waals surface area contributed by atoms with E-state index in [-0.39, 0.29) is 24.8 Å². The molecule has 0 aromatic carbocycles. The third-order valence-electron chi connectivity index (χ3n) is 4.62. The second-order valence-corrected chi connectivity index (χ2v) is 9.14. The molecule has 0 bridgehead atoms. The predicted octanol–water partition coefficient (Wildman–Crippen LogP) is -1.27. The second kappa shape index (κ2) is 16.1. The molecule has 4 unspecified atom stereocenters. The van der Waals surface area contributed by atoms with Gasteiger partial charge in [0, 0.05) is 6.54 Å². The van der Waals surface area contributed by atoms with Gasteiger partial charge in [-0.2, -0.15) is 11.8 Å². The van der Waals surface area contributed by atoms with Gasteiger partial charge in [-0.3, -0.25) is 19.4 Å². The van der Waals surface area contributed by atoms with Crippen molar-refractivity contribution in [2.45, 2.75) is 70.6 Å². The summed E-state index contributed by atoms with van der Waals surface area (Å²) in [6.45, 7) is 5.54. The molecule has 13 heteroatoms. The monoisotopic (exact) mass is 489 g/mol. The van der Waals surface area contributed by atoms with Crippen molar-refractivity contribution < 1.29 is 24.3 Å². The van der Waals surface area contributed by atoms with Gasteiger partial charge >= 0.3 is 5.97 Å². The van der Waals surface area contributed by atoms with Crippen LogP contribution in [0.3, 0.4) is 0 Å². The minimum Gasteiger partial charge on any atom is -0.480 e. The second-order valence-electron chi connectivity index (χ2n) is 8.16. The number of hydrogen-bond acceptors (Lipinski definition) is 7. The topological polar surface area (TPSA) is 215 Å². The zero-order valence-electron chi connectivity index (χ0n) is 19.8. The van der Waals surface area contributed by atoms with Crippen molar-refractivity contribution in [1.82, 2.24) is 16.0 Å². The zero-order valence-corrected chi connectivity index (χ0v) is 20.6. The summed E-state index contributed by atoms with van der Waals surface area (Å²) >= 11 is 1.51. The molecule has 4 atom stereocenters. The molecular formula is C20H39N7O5S. The van der Waals surface area contributed by atoms with Crippen molar-refractivity contribution >= 4 is 41.4 Å². The number of nitrogens with two attached hydrogens (primary N) is 3. The average Bonchev–Trinajstić information content (AvgIpc) is 2.71. The van der Waals surface area contributed by atoms with Crippen molar-refractivity contribution in [3.8, 4) is 0 Å². The zero-order chi connectivity index (χ0) is 25.6. The number of hydrogen-bond donors (Lipinski definition) is 7. The summed E-state index contributed by atoms with van der Waals surface area (Å²) in [6.07, 6.45) is 3.15. The number of thioether (sulfide) groups is 1. The van der Waals surface area contributed by atoms with E-state index >= 15 is 0 Å². The van der Waals surface area contributed by atoms with Crippen LogP contribution >= 0.6 is 11.8 Å². The minimum absolute atomic E-state index is 0.101. The van der Waals surface area contributed by atoms with Crippen LogP contribution in [0.15, 0.2) is 4.99 Å². The number of carboxylic acids is 1. The fourth-order valence-electron chi connectivity index (χ4n) is 2.84. The van der Waals surface area contributed by atoms with Crippen LogP contribution in [0.5, 0.6) is 0 Å². The fourth-order valence-corrected chi connectivity index (χ4v) is 3.31. The number of aliphatic carboxylic acids is 1. The molecule has 33 heavy (non-hydrogen) atoms. The molecular weight excluding hydrogens is 450 g/mol. The van der Waals surface area contributed by atoms with Gasteiger partial charge in [0.25, 0.3) is 0 Å². The first-order chi connectivity index (χ1) is 15.4. The van der Waals surface area contributed by atoms with E-state index in [1.807, 2.05) is 20.1 Å². The Kier molecular flexibility index (Phi) is 14.9. The Balaban J connectivity index is 4.97. The summed E-state index contributed by atoms with van der Waals surface area (Å²) in [7, 11) is 0. The Morgan fingerprint density at radius 2 is 1.55 bits per heavy atom. The molecule has 0 aliphatic heterocycles. The van der Waals surface area contributed by atoms with Gasteiger partial charge in [0.15, 0.2) is 5.96 Å². The lowest BCUT2D eigenvalue weighted by Gasteiger charge is -2.23. The summed E-state index contributed by atoms with van der Waals surface area (Å²) in [6, 6.07) is -3.79. The highest BCUT2D eigenvalue weighted by Crippen LogP contribution is 2.06. The minimum atomic E-state index is -1.21. The Bertz CT molecular complexity index is 686. The first-order valence-corrected chi connectivity index (χ1v) is 12.2. The predicted molar refractivity (Wildman–Crippen MR) is 129 cm³/mol. The Morgan fingerprint density at radius 1 is 0.939 bits per heavy atom. The van der Waals surface area contributed by atoms with Crippen LogP contribution in [0.2, 0.25) is 0 Å². The highest BCUT2D eigenvalue weighted by atomic mass is 32.2. The van der Waals surface area contributed by atoms with Crippen LogP contribution in [0.25, 0.3) is 0 Å². The van der Waals surface area contributed by atoms with Gasteiger partial charge in [-0.25, -0.2) is 4.79 Å².